The van der Waals surface area contributed by atoms with Crippen molar-refractivity contribution in [3.05, 3.63) is 76.5 Å². The minimum atomic E-state index is -0.427. The summed E-state index contributed by atoms with van der Waals surface area (Å²) in [5.41, 5.74) is 9.79. The fourth-order valence-electron chi connectivity index (χ4n) is 3.18. The number of primary amides is 1. The van der Waals surface area contributed by atoms with Crippen LogP contribution in [0.3, 0.4) is 0 Å². The molecule has 132 valence electrons. The van der Waals surface area contributed by atoms with E-state index in [1.807, 2.05) is 43.3 Å². The number of rotatable bonds is 4. The van der Waals surface area contributed by atoms with Gasteiger partial charge in [-0.15, -0.1) is 0 Å². The van der Waals surface area contributed by atoms with Crippen LogP contribution >= 0.6 is 0 Å². The second-order valence-corrected chi connectivity index (χ2v) is 6.10. The SMILES string of the molecule is C/C=C/C(=O)Nc1cccc(C2=c3cc[nH]c3=C(C(N)=O)CC=C2)c1C. The van der Waals surface area contributed by atoms with Crippen molar-refractivity contribution < 1.29 is 9.59 Å². The molecule has 5 heteroatoms. The Kier molecular flexibility index (Phi) is 4.89. The van der Waals surface area contributed by atoms with Gasteiger partial charge < -0.3 is 16.0 Å². The molecule has 0 saturated heterocycles. The van der Waals surface area contributed by atoms with Gasteiger partial charge in [0.2, 0.25) is 11.8 Å². The van der Waals surface area contributed by atoms with Crippen molar-refractivity contribution in [1.29, 1.82) is 0 Å². The van der Waals surface area contributed by atoms with Gasteiger partial charge in [0.05, 0.1) is 5.35 Å². The number of carbonyl (C=O) groups excluding carboxylic acids is 2. The highest BCUT2D eigenvalue weighted by atomic mass is 16.1. The second kappa shape index (κ2) is 7.27. The number of aromatic nitrogens is 1. The second-order valence-electron chi connectivity index (χ2n) is 6.10. The first-order valence-electron chi connectivity index (χ1n) is 8.43. The third-order valence-electron chi connectivity index (χ3n) is 4.44. The maximum Gasteiger partial charge on any atom is 0.248 e. The highest BCUT2D eigenvalue weighted by molar-refractivity contribution is 6.12. The maximum absolute atomic E-state index is 11.9. The van der Waals surface area contributed by atoms with Gasteiger partial charge in [-0.2, -0.15) is 0 Å². The Labute approximate surface area is 151 Å². The first-order chi connectivity index (χ1) is 12.5. The van der Waals surface area contributed by atoms with Crippen LogP contribution in [0.2, 0.25) is 0 Å². The van der Waals surface area contributed by atoms with Crippen molar-refractivity contribution in [3.8, 4) is 0 Å². The Balaban J connectivity index is 2.22. The monoisotopic (exact) mass is 347 g/mol. The number of carbonyl (C=O) groups is 2. The Hall–Kier alpha value is -3.34. The smallest absolute Gasteiger partial charge is 0.248 e. The van der Waals surface area contributed by atoms with Gasteiger partial charge in [-0.25, -0.2) is 0 Å². The molecule has 26 heavy (non-hydrogen) atoms. The molecule has 3 rings (SSSR count). The average Bonchev–Trinajstić information content (AvgIpc) is 2.99. The van der Waals surface area contributed by atoms with Crippen molar-refractivity contribution in [2.24, 2.45) is 5.73 Å². The number of nitrogens with two attached hydrogens (primary N) is 1. The molecule has 1 aromatic heterocycles. The Morgan fingerprint density at radius 1 is 1.27 bits per heavy atom. The summed E-state index contributed by atoms with van der Waals surface area (Å²) in [5, 5.41) is 4.57. The molecule has 0 unspecified atom stereocenters. The summed E-state index contributed by atoms with van der Waals surface area (Å²) in [6.45, 7) is 3.77. The number of allylic oxidation sites excluding steroid dienone is 3. The highest BCUT2D eigenvalue weighted by Gasteiger charge is 2.14. The molecule has 0 fully saturated rings. The molecule has 2 aromatic rings. The standard InChI is InChI=1S/C21H21N3O2/c1-3-6-19(25)24-18-10-5-7-14(13(18)2)15-8-4-9-17(21(22)26)20-16(15)11-12-23-20/h3-8,10-12,23H,9H2,1-2H3,(H2,22,26)(H,24,25)/b6-3+. The fourth-order valence-corrected chi connectivity index (χ4v) is 3.18. The summed E-state index contributed by atoms with van der Waals surface area (Å²) in [5.74, 6) is -0.593. The van der Waals surface area contributed by atoms with E-state index in [-0.39, 0.29) is 5.91 Å². The van der Waals surface area contributed by atoms with E-state index in [1.165, 1.54) is 6.08 Å². The highest BCUT2D eigenvalue weighted by Crippen LogP contribution is 2.25. The quantitative estimate of drug-likeness (QED) is 0.734. The number of aromatic amines is 1. The largest absolute Gasteiger partial charge is 0.366 e. The molecule has 1 aliphatic carbocycles. The first kappa shape index (κ1) is 17.5. The molecular formula is C21H21N3O2. The van der Waals surface area contributed by atoms with Crippen LogP contribution in [-0.2, 0) is 9.59 Å². The maximum atomic E-state index is 11.9. The lowest BCUT2D eigenvalue weighted by Crippen LogP contribution is -2.31. The van der Waals surface area contributed by atoms with Crippen molar-refractivity contribution in [2.75, 3.05) is 5.32 Å². The first-order valence-corrected chi connectivity index (χ1v) is 8.43. The van der Waals surface area contributed by atoms with E-state index in [0.29, 0.717) is 12.0 Å². The van der Waals surface area contributed by atoms with E-state index < -0.39 is 5.91 Å². The zero-order chi connectivity index (χ0) is 18.7. The fraction of sp³-hybridized carbons (Fsp3) is 0.143. The van der Waals surface area contributed by atoms with Crippen LogP contribution in [-0.4, -0.2) is 16.8 Å². The van der Waals surface area contributed by atoms with Crippen LogP contribution < -0.4 is 21.6 Å². The van der Waals surface area contributed by atoms with Gasteiger partial charge >= 0.3 is 0 Å². The Morgan fingerprint density at radius 2 is 2.08 bits per heavy atom. The van der Waals surface area contributed by atoms with Crippen molar-refractivity contribution in [1.82, 2.24) is 4.98 Å². The molecule has 1 aliphatic rings. The van der Waals surface area contributed by atoms with Crippen molar-refractivity contribution in [2.45, 2.75) is 20.3 Å². The van der Waals surface area contributed by atoms with Crippen LogP contribution in [0.5, 0.6) is 0 Å². The number of nitrogens with one attached hydrogen (secondary N) is 2. The van der Waals surface area contributed by atoms with Gasteiger partial charge in [-0.1, -0.05) is 30.4 Å². The third kappa shape index (κ3) is 3.24. The molecule has 0 saturated carbocycles. The normalized spacial score (nSPS) is 13.6. The van der Waals surface area contributed by atoms with Gasteiger partial charge in [0.1, 0.15) is 0 Å². The predicted octanol–water partition coefficient (Wildman–Crippen LogP) is 1.63. The summed E-state index contributed by atoms with van der Waals surface area (Å²) >= 11 is 0. The van der Waals surface area contributed by atoms with Crippen LogP contribution in [0.15, 0.2) is 54.8 Å². The molecule has 1 aromatic carbocycles. The van der Waals surface area contributed by atoms with Crippen LogP contribution in [0.4, 0.5) is 5.69 Å². The van der Waals surface area contributed by atoms with Gasteiger partial charge in [-0.05, 0) is 55.2 Å². The van der Waals surface area contributed by atoms with E-state index in [9.17, 15) is 9.59 Å². The van der Waals surface area contributed by atoms with Crippen LogP contribution in [0, 0.1) is 6.92 Å². The topological polar surface area (TPSA) is 88.0 Å². The van der Waals surface area contributed by atoms with E-state index in [1.54, 1.807) is 19.2 Å². The third-order valence-corrected chi connectivity index (χ3v) is 4.44. The summed E-state index contributed by atoms with van der Waals surface area (Å²) in [4.78, 5) is 26.8. The number of benzene rings is 1. The Bertz CT molecular complexity index is 1060. The van der Waals surface area contributed by atoms with E-state index in [2.05, 4.69) is 10.3 Å². The lowest BCUT2D eigenvalue weighted by atomic mass is 9.97. The number of fused-ring (bicyclic) bond motifs is 1. The lowest BCUT2D eigenvalue weighted by Gasteiger charge is -2.12. The minimum Gasteiger partial charge on any atom is -0.366 e. The van der Waals surface area contributed by atoms with Crippen LogP contribution in [0.1, 0.15) is 24.5 Å². The number of hydrogen-bond acceptors (Lipinski definition) is 2. The molecule has 0 atom stereocenters. The summed E-state index contributed by atoms with van der Waals surface area (Å²) in [6, 6.07) is 7.73. The molecule has 2 amide bonds. The number of anilines is 1. The number of hydrogen-bond donors (Lipinski definition) is 3. The molecule has 0 spiro atoms. The van der Waals surface area contributed by atoms with Gasteiger partial charge in [0.25, 0.3) is 0 Å². The van der Waals surface area contributed by atoms with Gasteiger partial charge in [0, 0.05) is 22.7 Å². The van der Waals surface area contributed by atoms with Crippen LogP contribution in [0.25, 0.3) is 11.1 Å². The lowest BCUT2D eigenvalue weighted by molar-refractivity contribution is -0.113. The van der Waals surface area contributed by atoms with Gasteiger partial charge in [0.15, 0.2) is 0 Å². The number of amides is 2. The minimum absolute atomic E-state index is 0.166. The molecule has 1 heterocycles. The van der Waals surface area contributed by atoms with Crippen molar-refractivity contribution in [3.63, 3.8) is 0 Å². The molecule has 0 aliphatic heterocycles. The molecular weight excluding hydrogens is 326 g/mol. The van der Waals surface area contributed by atoms with E-state index >= 15 is 0 Å². The van der Waals surface area contributed by atoms with E-state index in [0.717, 1.165) is 33.0 Å². The number of H-pyrrole nitrogens is 1. The zero-order valence-corrected chi connectivity index (χ0v) is 14.8. The van der Waals surface area contributed by atoms with E-state index in [4.69, 9.17) is 5.73 Å². The predicted molar refractivity (Wildman–Crippen MR) is 104 cm³/mol. The van der Waals surface area contributed by atoms with Crippen molar-refractivity contribution >= 4 is 28.6 Å². The Morgan fingerprint density at radius 3 is 2.81 bits per heavy atom. The molecule has 0 bridgehead atoms. The molecule has 4 N–H and O–H groups in total. The molecule has 5 nitrogen and oxygen atoms in total. The summed E-state index contributed by atoms with van der Waals surface area (Å²) < 4.78 is 0. The van der Waals surface area contributed by atoms with Gasteiger partial charge in [-0.3, -0.25) is 9.59 Å². The average molecular weight is 347 g/mol. The zero-order valence-electron chi connectivity index (χ0n) is 14.8. The molecule has 0 radical (unpaired) electrons. The summed E-state index contributed by atoms with van der Waals surface area (Å²) in [7, 11) is 0. The summed E-state index contributed by atoms with van der Waals surface area (Å²) in [6.07, 6.45) is 9.41.